The highest BCUT2D eigenvalue weighted by Crippen LogP contribution is 2.22. The Morgan fingerprint density at radius 2 is 1.81 bits per heavy atom. The van der Waals surface area contributed by atoms with E-state index in [1.165, 1.54) is 18.2 Å². The summed E-state index contributed by atoms with van der Waals surface area (Å²) < 4.78 is 26.1. The number of nitrogens with one attached hydrogen (secondary N) is 1. The van der Waals surface area contributed by atoms with E-state index in [0.717, 1.165) is 0 Å². The van der Waals surface area contributed by atoms with Gasteiger partial charge >= 0.3 is 0 Å². The molecule has 1 aromatic rings. The Kier molecular flexibility index (Phi) is 4.58. The number of rotatable bonds is 4. The maximum atomic E-state index is 11.8. The van der Waals surface area contributed by atoms with Gasteiger partial charge in [-0.1, -0.05) is 23.2 Å². The van der Waals surface area contributed by atoms with Crippen LogP contribution in [-0.2, 0) is 10.0 Å². The number of sulfonamides is 1. The number of hydrogen-bond acceptors (Lipinski definition) is 3. The van der Waals surface area contributed by atoms with Crippen molar-refractivity contribution >= 4 is 33.2 Å². The van der Waals surface area contributed by atoms with E-state index in [9.17, 15) is 8.42 Å². The lowest BCUT2D eigenvalue weighted by Gasteiger charge is -2.12. The average Bonchev–Trinajstić information content (AvgIpc) is 2.15. The van der Waals surface area contributed by atoms with Crippen molar-refractivity contribution in [1.82, 2.24) is 4.72 Å². The van der Waals surface area contributed by atoms with Gasteiger partial charge in [0.1, 0.15) is 0 Å². The first-order valence-electron chi connectivity index (χ1n) is 4.53. The van der Waals surface area contributed by atoms with E-state index < -0.39 is 10.0 Å². The Bertz CT molecular complexity index is 456. The molecule has 0 aliphatic carbocycles. The Balaban J connectivity index is 3.07. The van der Waals surface area contributed by atoms with Gasteiger partial charge in [0.25, 0.3) is 0 Å². The fourth-order valence-electron chi connectivity index (χ4n) is 1.06. The van der Waals surface area contributed by atoms with Crippen LogP contribution in [-0.4, -0.2) is 21.0 Å². The van der Waals surface area contributed by atoms with Gasteiger partial charge in [-0.3, -0.25) is 0 Å². The molecule has 0 radical (unpaired) electrons. The lowest BCUT2D eigenvalue weighted by atomic mass is 10.4. The van der Waals surface area contributed by atoms with Crippen molar-refractivity contribution in [3.63, 3.8) is 0 Å². The molecule has 7 heteroatoms. The Morgan fingerprint density at radius 1 is 1.31 bits per heavy atom. The maximum Gasteiger partial charge on any atom is 0.240 e. The first-order chi connectivity index (χ1) is 7.35. The Labute approximate surface area is 105 Å². The van der Waals surface area contributed by atoms with Crippen LogP contribution in [0.2, 0.25) is 10.0 Å². The van der Waals surface area contributed by atoms with E-state index in [4.69, 9.17) is 28.9 Å². The summed E-state index contributed by atoms with van der Waals surface area (Å²) in [6.07, 6.45) is 0. The molecule has 90 valence electrons. The SMILES string of the molecule is CC(CN)NS(=O)(=O)c1cc(Cl)cc(Cl)c1. The molecule has 0 aliphatic heterocycles. The third kappa shape index (κ3) is 3.61. The molecular formula is C9H12Cl2N2O2S. The van der Waals surface area contributed by atoms with Crippen LogP contribution < -0.4 is 10.5 Å². The molecule has 0 saturated heterocycles. The minimum absolute atomic E-state index is 0.0327. The zero-order chi connectivity index (χ0) is 12.3. The first-order valence-corrected chi connectivity index (χ1v) is 6.77. The van der Waals surface area contributed by atoms with Gasteiger partial charge in [0, 0.05) is 22.6 Å². The third-order valence-electron chi connectivity index (χ3n) is 1.86. The molecule has 16 heavy (non-hydrogen) atoms. The molecule has 0 saturated carbocycles. The molecule has 1 aromatic carbocycles. The fourth-order valence-corrected chi connectivity index (χ4v) is 3.05. The van der Waals surface area contributed by atoms with E-state index in [1.54, 1.807) is 6.92 Å². The number of hydrogen-bond donors (Lipinski definition) is 2. The van der Waals surface area contributed by atoms with Crippen molar-refractivity contribution in [3.05, 3.63) is 28.2 Å². The van der Waals surface area contributed by atoms with Crippen LogP contribution >= 0.6 is 23.2 Å². The summed E-state index contributed by atoms with van der Waals surface area (Å²) in [7, 11) is -3.62. The molecule has 0 bridgehead atoms. The topological polar surface area (TPSA) is 72.2 Å². The zero-order valence-corrected chi connectivity index (χ0v) is 10.9. The number of nitrogens with two attached hydrogens (primary N) is 1. The van der Waals surface area contributed by atoms with Crippen molar-refractivity contribution in [2.45, 2.75) is 17.9 Å². The van der Waals surface area contributed by atoms with Gasteiger partial charge in [-0.05, 0) is 25.1 Å². The molecular weight excluding hydrogens is 271 g/mol. The summed E-state index contributed by atoms with van der Waals surface area (Å²) in [6.45, 7) is 1.89. The van der Waals surface area contributed by atoms with Crippen LogP contribution in [0.5, 0.6) is 0 Å². The molecule has 1 atom stereocenters. The van der Waals surface area contributed by atoms with Crippen LogP contribution in [0.1, 0.15) is 6.92 Å². The highest BCUT2D eigenvalue weighted by Gasteiger charge is 2.17. The Morgan fingerprint density at radius 3 is 2.25 bits per heavy atom. The summed E-state index contributed by atoms with van der Waals surface area (Å²) in [5.41, 5.74) is 5.34. The lowest BCUT2D eigenvalue weighted by molar-refractivity contribution is 0.562. The number of benzene rings is 1. The molecule has 0 amide bonds. The minimum atomic E-state index is -3.62. The van der Waals surface area contributed by atoms with Crippen LogP contribution in [0.4, 0.5) is 0 Å². The van der Waals surface area contributed by atoms with Gasteiger partial charge in [0.15, 0.2) is 0 Å². The average molecular weight is 283 g/mol. The first kappa shape index (κ1) is 13.7. The van der Waals surface area contributed by atoms with Crippen molar-refractivity contribution in [3.8, 4) is 0 Å². The van der Waals surface area contributed by atoms with E-state index in [-0.39, 0.29) is 27.5 Å². The van der Waals surface area contributed by atoms with Crippen LogP contribution in [0.25, 0.3) is 0 Å². The molecule has 4 nitrogen and oxygen atoms in total. The van der Waals surface area contributed by atoms with Crippen molar-refractivity contribution in [2.75, 3.05) is 6.54 Å². The molecule has 1 unspecified atom stereocenters. The highest BCUT2D eigenvalue weighted by molar-refractivity contribution is 7.89. The predicted octanol–water partition coefficient (Wildman–Crippen LogP) is 1.62. The summed E-state index contributed by atoms with van der Waals surface area (Å²) >= 11 is 11.5. The van der Waals surface area contributed by atoms with Crippen LogP contribution in [0.3, 0.4) is 0 Å². The van der Waals surface area contributed by atoms with Gasteiger partial charge in [0.05, 0.1) is 4.90 Å². The summed E-state index contributed by atoms with van der Waals surface area (Å²) in [6, 6.07) is 3.79. The molecule has 0 aliphatic rings. The van der Waals surface area contributed by atoms with Crippen LogP contribution in [0, 0.1) is 0 Å². The van der Waals surface area contributed by atoms with Crippen LogP contribution in [0.15, 0.2) is 23.1 Å². The second kappa shape index (κ2) is 5.33. The second-order valence-corrected chi connectivity index (χ2v) is 5.95. The smallest absolute Gasteiger partial charge is 0.240 e. The zero-order valence-electron chi connectivity index (χ0n) is 8.57. The normalized spacial score (nSPS) is 13.8. The Hall–Kier alpha value is -0.330. The van der Waals surface area contributed by atoms with Crippen molar-refractivity contribution in [2.24, 2.45) is 5.73 Å². The van der Waals surface area contributed by atoms with Gasteiger partial charge in [-0.2, -0.15) is 0 Å². The van der Waals surface area contributed by atoms with Crippen molar-refractivity contribution < 1.29 is 8.42 Å². The summed E-state index contributed by atoms with van der Waals surface area (Å²) in [5.74, 6) is 0. The maximum absolute atomic E-state index is 11.8. The summed E-state index contributed by atoms with van der Waals surface area (Å²) in [4.78, 5) is 0.0327. The molecule has 3 N–H and O–H groups in total. The third-order valence-corrected chi connectivity index (χ3v) is 3.86. The minimum Gasteiger partial charge on any atom is -0.329 e. The molecule has 0 spiro atoms. The molecule has 0 heterocycles. The van der Waals surface area contributed by atoms with Gasteiger partial charge in [-0.25, -0.2) is 13.1 Å². The number of halogens is 2. The largest absolute Gasteiger partial charge is 0.329 e. The quantitative estimate of drug-likeness (QED) is 0.882. The van der Waals surface area contributed by atoms with E-state index >= 15 is 0 Å². The van der Waals surface area contributed by atoms with Gasteiger partial charge in [0.2, 0.25) is 10.0 Å². The molecule has 0 aromatic heterocycles. The highest BCUT2D eigenvalue weighted by atomic mass is 35.5. The second-order valence-electron chi connectivity index (χ2n) is 3.36. The lowest BCUT2D eigenvalue weighted by Crippen LogP contribution is -2.37. The molecule has 0 fully saturated rings. The van der Waals surface area contributed by atoms with Gasteiger partial charge < -0.3 is 5.73 Å². The van der Waals surface area contributed by atoms with E-state index in [2.05, 4.69) is 4.72 Å². The van der Waals surface area contributed by atoms with Gasteiger partial charge in [-0.15, -0.1) is 0 Å². The molecule has 1 rings (SSSR count). The predicted molar refractivity (Wildman–Crippen MR) is 65.3 cm³/mol. The fraction of sp³-hybridized carbons (Fsp3) is 0.333. The summed E-state index contributed by atoms with van der Waals surface area (Å²) in [5, 5.41) is 0.543. The van der Waals surface area contributed by atoms with E-state index in [0.29, 0.717) is 0 Å². The van der Waals surface area contributed by atoms with E-state index in [1.807, 2.05) is 0 Å². The van der Waals surface area contributed by atoms with Crippen molar-refractivity contribution in [1.29, 1.82) is 0 Å². The monoisotopic (exact) mass is 282 g/mol. The standard InChI is InChI=1S/C9H12Cl2N2O2S/c1-6(5-12)13-16(14,15)9-3-7(10)2-8(11)4-9/h2-4,6,13H,5,12H2,1H3.